The molecule has 0 radical (unpaired) electrons. The number of aromatic nitrogens is 4. The van der Waals surface area contributed by atoms with Gasteiger partial charge in [-0.15, -0.1) is 0 Å². The number of methoxy groups -OCH3 is 1. The summed E-state index contributed by atoms with van der Waals surface area (Å²) in [5.41, 5.74) is 1.46. The molecule has 0 amide bonds. The zero-order chi connectivity index (χ0) is 27.0. The van der Waals surface area contributed by atoms with Crippen LogP contribution >= 0.6 is 43.5 Å². The Balaban J connectivity index is 1.77. The van der Waals surface area contributed by atoms with Gasteiger partial charge in [-0.25, -0.2) is 9.97 Å². The van der Waals surface area contributed by atoms with Crippen molar-refractivity contribution in [1.29, 1.82) is 0 Å². The number of alkyl halides is 3. The van der Waals surface area contributed by atoms with Gasteiger partial charge in [-0.3, -0.25) is 0 Å². The molecule has 0 unspecified atom stereocenters. The number of hydrogen-bond donors (Lipinski definition) is 0. The SMILES string of the molecule is COc1ccc(-c2cc(C(F)(F)F)nc(-n3nc(-c4ccc(Br)cc4)c(Cl)c3-c3ccc(Br)cc3)n2)cc1. The molecule has 38 heavy (non-hydrogen) atoms. The van der Waals surface area contributed by atoms with Gasteiger partial charge in [-0.05, 0) is 54.6 Å². The van der Waals surface area contributed by atoms with Gasteiger partial charge in [0.2, 0.25) is 0 Å². The van der Waals surface area contributed by atoms with Crippen LogP contribution < -0.4 is 4.74 Å². The van der Waals surface area contributed by atoms with Crippen molar-refractivity contribution in [3.8, 4) is 45.5 Å². The minimum atomic E-state index is -4.72. The molecule has 2 heterocycles. The zero-order valence-corrected chi connectivity index (χ0v) is 23.4. The van der Waals surface area contributed by atoms with Gasteiger partial charge in [0, 0.05) is 25.6 Å². The van der Waals surface area contributed by atoms with E-state index in [4.69, 9.17) is 16.3 Å². The molecule has 0 saturated heterocycles. The Kier molecular flexibility index (Phi) is 7.30. The van der Waals surface area contributed by atoms with Gasteiger partial charge in [0.25, 0.3) is 5.95 Å². The fourth-order valence-electron chi connectivity index (χ4n) is 3.78. The predicted molar refractivity (Wildman–Crippen MR) is 147 cm³/mol. The first-order chi connectivity index (χ1) is 18.1. The Morgan fingerprint density at radius 1 is 0.789 bits per heavy atom. The second-order valence-electron chi connectivity index (χ2n) is 8.10. The molecule has 0 aliphatic heterocycles. The third kappa shape index (κ3) is 5.34. The average Bonchev–Trinajstić information content (AvgIpc) is 3.26. The summed E-state index contributed by atoms with van der Waals surface area (Å²) in [5.74, 6) is 0.295. The number of benzene rings is 3. The molecule has 192 valence electrons. The van der Waals surface area contributed by atoms with Crippen LogP contribution in [0.2, 0.25) is 5.02 Å². The number of rotatable bonds is 5. The van der Waals surface area contributed by atoms with Gasteiger partial charge in [0.15, 0.2) is 5.69 Å². The Labute approximate surface area is 237 Å². The highest BCUT2D eigenvalue weighted by atomic mass is 79.9. The molecule has 0 atom stereocenters. The molecule has 0 aliphatic carbocycles. The molecule has 3 aromatic carbocycles. The van der Waals surface area contributed by atoms with E-state index < -0.39 is 11.9 Å². The van der Waals surface area contributed by atoms with Gasteiger partial charge >= 0.3 is 6.18 Å². The van der Waals surface area contributed by atoms with Crippen molar-refractivity contribution in [2.24, 2.45) is 0 Å². The molecule has 0 fully saturated rings. The summed E-state index contributed by atoms with van der Waals surface area (Å²) >= 11 is 13.7. The monoisotopic (exact) mass is 662 g/mol. The Morgan fingerprint density at radius 3 is 1.89 bits per heavy atom. The lowest BCUT2D eigenvalue weighted by atomic mass is 10.1. The molecule has 0 aliphatic rings. The van der Waals surface area contributed by atoms with Crippen LogP contribution in [-0.2, 0) is 6.18 Å². The largest absolute Gasteiger partial charge is 0.497 e. The van der Waals surface area contributed by atoms with Crippen molar-refractivity contribution in [3.05, 3.63) is 98.5 Å². The van der Waals surface area contributed by atoms with Crippen molar-refractivity contribution in [3.63, 3.8) is 0 Å². The summed E-state index contributed by atoms with van der Waals surface area (Å²) in [7, 11) is 1.51. The highest BCUT2D eigenvalue weighted by Gasteiger charge is 2.35. The van der Waals surface area contributed by atoms with E-state index in [-0.39, 0.29) is 16.7 Å². The molecular formula is C27H16Br2ClF3N4O. The summed E-state index contributed by atoms with van der Waals surface area (Å²) in [6, 6.07) is 21.9. The lowest BCUT2D eigenvalue weighted by molar-refractivity contribution is -0.141. The first kappa shape index (κ1) is 26.4. The third-order valence-electron chi connectivity index (χ3n) is 5.64. The molecule has 5 rings (SSSR count). The second kappa shape index (κ2) is 10.5. The molecule has 0 bridgehead atoms. The molecular weight excluding hydrogens is 649 g/mol. The molecule has 0 saturated carbocycles. The van der Waals surface area contributed by atoms with Crippen LogP contribution in [0.3, 0.4) is 0 Å². The number of nitrogens with zero attached hydrogens (tertiary/aromatic N) is 4. The minimum Gasteiger partial charge on any atom is -0.497 e. The molecule has 0 N–H and O–H groups in total. The average molecular weight is 665 g/mol. The fraction of sp³-hybridized carbons (Fsp3) is 0.0741. The van der Waals surface area contributed by atoms with E-state index in [9.17, 15) is 13.2 Å². The smallest absolute Gasteiger partial charge is 0.433 e. The van der Waals surface area contributed by atoms with Crippen LogP contribution in [0.4, 0.5) is 13.2 Å². The summed E-state index contributed by atoms with van der Waals surface area (Å²) in [6.07, 6.45) is -4.72. The summed E-state index contributed by atoms with van der Waals surface area (Å²) in [5, 5.41) is 4.86. The van der Waals surface area contributed by atoms with E-state index in [0.29, 0.717) is 33.8 Å². The van der Waals surface area contributed by atoms with Crippen LogP contribution in [0.25, 0.3) is 39.7 Å². The third-order valence-corrected chi connectivity index (χ3v) is 7.06. The quantitative estimate of drug-likeness (QED) is 0.188. The fourth-order valence-corrected chi connectivity index (χ4v) is 4.64. The highest BCUT2D eigenvalue weighted by Crippen LogP contribution is 2.39. The van der Waals surface area contributed by atoms with E-state index in [1.807, 2.05) is 24.3 Å². The van der Waals surface area contributed by atoms with Crippen molar-refractivity contribution < 1.29 is 17.9 Å². The van der Waals surface area contributed by atoms with E-state index >= 15 is 0 Å². The highest BCUT2D eigenvalue weighted by molar-refractivity contribution is 9.10. The maximum Gasteiger partial charge on any atom is 0.433 e. The summed E-state index contributed by atoms with van der Waals surface area (Å²) in [4.78, 5) is 8.35. The first-order valence-corrected chi connectivity index (χ1v) is 13.0. The van der Waals surface area contributed by atoms with Gasteiger partial charge in [-0.2, -0.15) is 23.0 Å². The molecule has 2 aromatic heterocycles. The van der Waals surface area contributed by atoms with Crippen molar-refractivity contribution >= 4 is 43.5 Å². The topological polar surface area (TPSA) is 52.8 Å². The van der Waals surface area contributed by atoms with Crippen molar-refractivity contribution in [1.82, 2.24) is 19.7 Å². The van der Waals surface area contributed by atoms with Gasteiger partial charge in [-0.1, -0.05) is 67.7 Å². The summed E-state index contributed by atoms with van der Waals surface area (Å²) < 4.78 is 50.0. The summed E-state index contributed by atoms with van der Waals surface area (Å²) in [6.45, 7) is 0. The number of ether oxygens (including phenoxy) is 1. The molecule has 5 nitrogen and oxygen atoms in total. The standard InChI is InChI=1S/C27H16Br2ClF3N4O/c1-38-20-12-6-15(7-13-20)21-14-22(27(31,32)33)35-26(34-21)37-25(17-4-10-19(29)11-5-17)23(30)24(36-37)16-2-8-18(28)9-3-16/h2-14H,1H3. The van der Waals surface area contributed by atoms with Crippen molar-refractivity contribution in [2.45, 2.75) is 6.18 Å². The Hall–Kier alpha value is -3.21. The predicted octanol–water partition coefficient (Wildman–Crippen LogP) is 8.87. The van der Waals surface area contributed by atoms with Gasteiger partial charge in [0.1, 0.15) is 11.4 Å². The van der Waals surface area contributed by atoms with Crippen LogP contribution in [-0.4, -0.2) is 26.9 Å². The maximum absolute atomic E-state index is 14.0. The minimum absolute atomic E-state index is 0.0727. The van der Waals surface area contributed by atoms with E-state index in [1.54, 1.807) is 48.5 Å². The molecule has 0 spiro atoms. The van der Waals surface area contributed by atoms with Crippen LogP contribution in [0, 0.1) is 0 Å². The van der Waals surface area contributed by atoms with Crippen LogP contribution in [0.1, 0.15) is 5.69 Å². The second-order valence-corrected chi connectivity index (χ2v) is 10.3. The normalized spacial score (nSPS) is 11.6. The van der Waals surface area contributed by atoms with E-state index in [2.05, 4.69) is 46.9 Å². The number of halogens is 6. The first-order valence-electron chi connectivity index (χ1n) is 11.1. The molecule has 11 heteroatoms. The lowest BCUT2D eigenvalue weighted by Gasteiger charge is -2.13. The Morgan fingerprint density at radius 2 is 1.34 bits per heavy atom. The van der Waals surface area contributed by atoms with E-state index in [1.165, 1.54) is 11.8 Å². The van der Waals surface area contributed by atoms with Crippen molar-refractivity contribution in [2.75, 3.05) is 7.11 Å². The molecule has 5 aromatic rings. The van der Waals surface area contributed by atoms with Crippen LogP contribution in [0.15, 0.2) is 87.8 Å². The van der Waals surface area contributed by atoms with Gasteiger partial charge < -0.3 is 4.74 Å². The van der Waals surface area contributed by atoms with E-state index in [0.717, 1.165) is 15.0 Å². The maximum atomic E-state index is 14.0. The Bertz CT molecular complexity index is 1600. The van der Waals surface area contributed by atoms with Crippen LogP contribution in [0.5, 0.6) is 5.75 Å². The zero-order valence-electron chi connectivity index (χ0n) is 19.5. The lowest BCUT2D eigenvalue weighted by Crippen LogP contribution is -2.14. The van der Waals surface area contributed by atoms with Gasteiger partial charge in [0.05, 0.1) is 23.5 Å². The number of hydrogen-bond acceptors (Lipinski definition) is 4.